The van der Waals surface area contributed by atoms with Crippen molar-refractivity contribution in [2.75, 3.05) is 5.73 Å². The van der Waals surface area contributed by atoms with Crippen molar-refractivity contribution in [1.29, 1.82) is 0 Å². The number of nitrogen functional groups attached to an aromatic ring is 1. The molecule has 3 heterocycles. The SMILES string of the molecule is Nc1nonc1-c1noc(CCC2CCCC(=O)N2)n1. The Kier molecular flexibility index (Phi) is 3.32. The summed E-state index contributed by atoms with van der Waals surface area (Å²) < 4.78 is 9.60. The first-order valence-electron chi connectivity index (χ1n) is 6.42. The number of nitrogens with two attached hydrogens (primary N) is 1. The Bertz CT molecular complexity index is 607. The van der Waals surface area contributed by atoms with Crippen LogP contribution in [0.3, 0.4) is 0 Å². The Balaban J connectivity index is 1.60. The molecule has 3 N–H and O–H groups in total. The van der Waals surface area contributed by atoms with Gasteiger partial charge in [0.25, 0.3) is 0 Å². The smallest absolute Gasteiger partial charge is 0.228 e. The number of hydrogen-bond donors (Lipinski definition) is 2. The fourth-order valence-corrected chi connectivity index (χ4v) is 2.20. The van der Waals surface area contributed by atoms with E-state index in [1.54, 1.807) is 0 Å². The zero-order chi connectivity index (χ0) is 13.9. The van der Waals surface area contributed by atoms with Gasteiger partial charge < -0.3 is 15.6 Å². The van der Waals surface area contributed by atoms with Crippen molar-refractivity contribution in [3.8, 4) is 11.5 Å². The zero-order valence-corrected chi connectivity index (χ0v) is 10.7. The first-order chi connectivity index (χ1) is 9.72. The van der Waals surface area contributed by atoms with Crippen molar-refractivity contribution in [2.45, 2.75) is 38.1 Å². The lowest BCUT2D eigenvalue weighted by molar-refractivity contribution is -0.123. The van der Waals surface area contributed by atoms with Crippen LogP contribution in [-0.2, 0) is 11.2 Å². The molecule has 0 aromatic carbocycles. The van der Waals surface area contributed by atoms with E-state index >= 15 is 0 Å². The predicted octanol–water partition coefficient (Wildman–Crippen LogP) is 0.303. The number of anilines is 1. The van der Waals surface area contributed by atoms with E-state index in [-0.39, 0.29) is 29.3 Å². The number of aromatic nitrogens is 4. The third kappa shape index (κ3) is 2.60. The third-order valence-electron chi connectivity index (χ3n) is 3.22. The summed E-state index contributed by atoms with van der Waals surface area (Å²) in [5.41, 5.74) is 5.82. The Hall–Kier alpha value is -2.45. The minimum absolute atomic E-state index is 0.105. The van der Waals surface area contributed by atoms with Gasteiger partial charge in [-0.25, -0.2) is 4.63 Å². The topological polar surface area (TPSA) is 133 Å². The van der Waals surface area contributed by atoms with E-state index in [0.29, 0.717) is 18.7 Å². The van der Waals surface area contributed by atoms with Gasteiger partial charge in [-0.05, 0) is 29.6 Å². The Morgan fingerprint density at radius 3 is 3.00 bits per heavy atom. The highest BCUT2D eigenvalue weighted by Crippen LogP contribution is 2.19. The van der Waals surface area contributed by atoms with Gasteiger partial charge in [0.15, 0.2) is 11.5 Å². The molecule has 2 aromatic rings. The van der Waals surface area contributed by atoms with Crippen LogP contribution in [0.15, 0.2) is 9.15 Å². The second-order valence-electron chi connectivity index (χ2n) is 4.71. The van der Waals surface area contributed by atoms with Crippen LogP contribution < -0.4 is 11.1 Å². The van der Waals surface area contributed by atoms with Crippen molar-refractivity contribution < 1.29 is 13.9 Å². The van der Waals surface area contributed by atoms with Gasteiger partial charge in [0.1, 0.15) is 0 Å². The standard InChI is InChI=1S/C11H14N6O3/c12-10-9(15-20-16-10)11-14-8(19-17-11)5-4-6-2-1-3-7(18)13-6/h6H,1-5H2,(H2,12,16)(H,13,18). The van der Waals surface area contributed by atoms with Crippen molar-refractivity contribution in [1.82, 2.24) is 25.8 Å². The highest BCUT2D eigenvalue weighted by molar-refractivity contribution is 5.76. The number of carbonyl (C=O) groups excluding carboxylic acids is 1. The summed E-state index contributed by atoms with van der Waals surface area (Å²) in [5.74, 6) is 0.958. The average molecular weight is 278 g/mol. The number of aryl methyl sites for hydroxylation is 1. The van der Waals surface area contributed by atoms with Gasteiger partial charge in [-0.1, -0.05) is 5.16 Å². The summed E-state index contributed by atoms with van der Waals surface area (Å²) in [5, 5.41) is 13.8. The Labute approximate surface area is 113 Å². The molecule has 2 aromatic heterocycles. The number of rotatable bonds is 4. The van der Waals surface area contributed by atoms with E-state index < -0.39 is 0 Å². The first-order valence-corrected chi connectivity index (χ1v) is 6.42. The molecule has 0 radical (unpaired) electrons. The van der Waals surface area contributed by atoms with Crippen LogP contribution in [0.5, 0.6) is 0 Å². The lowest BCUT2D eigenvalue weighted by Gasteiger charge is -2.22. The number of carbonyl (C=O) groups is 1. The van der Waals surface area contributed by atoms with Crippen LogP contribution in [0.4, 0.5) is 5.82 Å². The number of amides is 1. The highest BCUT2D eigenvalue weighted by Gasteiger charge is 2.20. The maximum absolute atomic E-state index is 11.3. The molecule has 9 nitrogen and oxygen atoms in total. The van der Waals surface area contributed by atoms with Crippen molar-refractivity contribution >= 4 is 11.7 Å². The molecule has 1 aliphatic heterocycles. The van der Waals surface area contributed by atoms with Crippen LogP contribution in [0.2, 0.25) is 0 Å². The van der Waals surface area contributed by atoms with E-state index in [2.05, 4.69) is 30.4 Å². The molecule has 1 atom stereocenters. The second kappa shape index (κ2) is 5.27. The normalized spacial score (nSPS) is 19.0. The van der Waals surface area contributed by atoms with Crippen molar-refractivity contribution in [2.24, 2.45) is 0 Å². The van der Waals surface area contributed by atoms with Crippen LogP contribution in [0, 0.1) is 0 Å². The monoisotopic (exact) mass is 278 g/mol. The summed E-state index contributed by atoms with van der Waals surface area (Å²) in [6.45, 7) is 0. The van der Waals surface area contributed by atoms with E-state index in [0.717, 1.165) is 19.3 Å². The average Bonchev–Trinajstić information content (AvgIpc) is 3.05. The van der Waals surface area contributed by atoms with Gasteiger partial charge >= 0.3 is 0 Å². The van der Waals surface area contributed by atoms with Crippen LogP contribution in [0.25, 0.3) is 11.5 Å². The van der Waals surface area contributed by atoms with Crippen LogP contribution in [-0.4, -0.2) is 32.4 Å². The molecule has 1 fully saturated rings. The molecule has 1 aliphatic rings. The molecular formula is C11H14N6O3. The van der Waals surface area contributed by atoms with Gasteiger partial charge in [0.2, 0.25) is 17.6 Å². The number of nitrogens with one attached hydrogen (secondary N) is 1. The lowest BCUT2D eigenvalue weighted by Crippen LogP contribution is -2.38. The quantitative estimate of drug-likeness (QED) is 0.815. The molecule has 1 unspecified atom stereocenters. The molecule has 9 heteroatoms. The van der Waals surface area contributed by atoms with E-state index in [1.165, 1.54) is 0 Å². The maximum atomic E-state index is 11.3. The molecule has 0 aliphatic carbocycles. The zero-order valence-electron chi connectivity index (χ0n) is 10.7. The second-order valence-corrected chi connectivity index (χ2v) is 4.71. The van der Waals surface area contributed by atoms with E-state index in [1.807, 2.05) is 0 Å². The predicted molar refractivity (Wildman–Crippen MR) is 66.1 cm³/mol. The van der Waals surface area contributed by atoms with Crippen LogP contribution in [0.1, 0.15) is 31.6 Å². The Morgan fingerprint density at radius 1 is 1.35 bits per heavy atom. The summed E-state index contributed by atoms with van der Waals surface area (Å²) in [7, 11) is 0. The number of hydrogen-bond acceptors (Lipinski definition) is 8. The van der Waals surface area contributed by atoms with E-state index in [9.17, 15) is 4.79 Å². The number of nitrogens with zero attached hydrogens (tertiary/aromatic N) is 4. The summed E-state index contributed by atoms with van der Waals surface area (Å²) >= 11 is 0. The minimum atomic E-state index is 0.105. The fraction of sp³-hybridized carbons (Fsp3) is 0.545. The molecule has 20 heavy (non-hydrogen) atoms. The van der Waals surface area contributed by atoms with Gasteiger partial charge in [-0.3, -0.25) is 4.79 Å². The van der Waals surface area contributed by atoms with Gasteiger partial charge in [0.05, 0.1) is 0 Å². The molecule has 1 saturated heterocycles. The van der Waals surface area contributed by atoms with Gasteiger partial charge in [-0.2, -0.15) is 4.98 Å². The maximum Gasteiger partial charge on any atom is 0.228 e. The summed E-state index contributed by atoms with van der Waals surface area (Å²) in [4.78, 5) is 15.5. The minimum Gasteiger partial charge on any atom is -0.379 e. The first kappa shape index (κ1) is 12.6. The molecular weight excluding hydrogens is 264 g/mol. The Morgan fingerprint density at radius 2 is 2.25 bits per heavy atom. The summed E-state index contributed by atoms with van der Waals surface area (Å²) in [6, 6.07) is 0.172. The van der Waals surface area contributed by atoms with Crippen molar-refractivity contribution in [3.63, 3.8) is 0 Å². The molecule has 0 saturated carbocycles. The molecule has 106 valence electrons. The summed E-state index contributed by atoms with van der Waals surface area (Å²) in [6.07, 6.45) is 3.86. The molecule has 0 spiro atoms. The lowest BCUT2D eigenvalue weighted by atomic mass is 10.0. The molecule has 0 bridgehead atoms. The number of piperidine rings is 1. The molecule has 1 amide bonds. The van der Waals surface area contributed by atoms with Crippen LogP contribution >= 0.6 is 0 Å². The third-order valence-corrected chi connectivity index (χ3v) is 3.22. The van der Waals surface area contributed by atoms with Crippen molar-refractivity contribution in [3.05, 3.63) is 5.89 Å². The largest absolute Gasteiger partial charge is 0.379 e. The molecule has 3 rings (SSSR count). The van der Waals surface area contributed by atoms with Gasteiger partial charge in [-0.15, -0.1) is 0 Å². The highest BCUT2D eigenvalue weighted by atomic mass is 16.6. The van der Waals surface area contributed by atoms with E-state index in [4.69, 9.17) is 10.3 Å². The van der Waals surface area contributed by atoms with Gasteiger partial charge in [0, 0.05) is 18.9 Å². The fourth-order valence-electron chi connectivity index (χ4n) is 2.20.